The lowest BCUT2D eigenvalue weighted by molar-refractivity contribution is 0.0589. The number of rotatable bonds is 4. The molecule has 1 atom stereocenters. The van der Waals surface area contributed by atoms with E-state index in [9.17, 15) is 8.42 Å². The lowest BCUT2D eigenvalue weighted by atomic mass is 9.74. The highest BCUT2D eigenvalue weighted by Gasteiger charge is 2.59. The van der Waals surface area contributed by atoms with Crippen molar-refractivity contribution in [1.29, 1.82) is 0 Å². The number of unbranched alkanes of at least 4 members (excludes halogenated alkanes) is 1. The molecule has 0 aliphatic carbocycles. The van der Waals surface area contributed by atoms with Gasteiger partial charge in [0.1, 0.15) is 5.75 Å². The van der Waals surface area contributed by atoms with Crippen molar-refractivity contribution in [3.63, 3.8) is 0 Å². The summed E-state index contributed by atoms with van der Waals surface area (Å²) in [6.07, 6.45) is 5.74. The summed E-state index contributed by atoms with van der Waals surface area (Å²) in [4.78, 5) is 2.58. The molecule has 0 radical (unpaired) electrons. The number of ether oxygens (including phenoxy) is 1. The van der Waals surface area contributed by atoms with Crippen molar-refractivity contribution >= 4 is 65.5 Å². The molecule has 5 aromatic carbocycles. The van der Waals surface area contributed by atoms with Gasteiger partial charge in [-0.3, -0.25) is 0 Å². The zero-order chi connectivity index (χ0) is 28.7. The summed E-state index contributed by atoms with van der Waals surface area (Å²) < 4.78 is 32.9. The highest BCUT2D eigenvalue weighted by molar-refractivity contribution is 7.91. The summed E-state index contributed by atoms with van der Waals surface area (Å²) in [5.74, 6) is 0.821. The number of benzene rings is 5. The molecule has 1 spiro atoms. The Morgan fingerprint density at radius 3 is 2.22 bits per heavy atom. The van der Waals surface area contributed by atoms with Gasteiger partial charge >= 0.3 is 0 Å². The van der Waals surface area contributed by atoms with Gasteiger partial charge in [0.15, 0.2) is 9.84 Å². The Bertz CT molecular complexity index is 2050. The van der Waals surface area contributed by atoms with Crippen LogP contribution in [0.3, 0.4) is 0 Å². The van der Waals surface area contributed by atoms with Gasteiger partial charge in [-0.1, -0.05) is 79.5 Å². The molecule has 2 aliphatic rings. The Hall–Kier alpha value is -3.54. The van der Waals surface area contributed by atoms with E-state index >= 15 is 0 Å². The maximum atomic E-state index is 12.9. The van der Waals surface area contributed by atoms with Crippen molar-refractivity contribution in [1.82, 2.24) is 0 Å². The predicted molar refractivity (Wildman–Crippen MR) is 171 cm³/mol. The number of halogens is 1. The Balaban J connectivity index is 1.41. The number of anilines is 1. The normalized spacial score (nSPS) is 19.2. The molecule has 0 fully saturated rings. The molecular weight excluding hydrogens is 550 g/mol. The van der Waals surface area contributed by atoms with E-state index in [0.717, 1.165) is 17.4 Å². The first-order valence-corrected chi connectivity index (χ1v) is 16.2. The smallest absolute Gasteiger partial charge is 0.211 e. The Morgan fingerprint density at radius 2 is 1.51 bits per heavy atom. The van der Waals surface area contributed by atoms with Crippen LogP contribution < -0.4 is 9.64 Å². The van der Waals surface area contributed by atoms with E-state index in [2.05, 4.69) is 86.5 Å². The van der Waals surface area contributed by atoms with Crippen LogP contribution in [0.25, 0.3) is 38.4 Å². The molecule has 41 heavy (non-hydrogen) atoms. The van der Waals surface area contributed by atoms with E-state index in [1.807, 2.05) is 19.1 Å². The number of likely N-dealkylation sites (N-methyl/N-ethyl adjacent to an activating group) is 1. The van der Waals surface area contributed by atoms with E-state index in [-0.39, 0.29) is 5.75 Å². The van der Waals surface area contributed by atoms with Crippen LogP contribution >= 0.6 is 11.6 Å². The fourth-order valence-corrected chi connectivity index (χ4v) is 8.78. The predicted octanol–water partition coefficient (Wildman–Crippen LogP) is 8.90. The van der Waals surface area contributed by atoms with Crippen molar-refractivity contribution < 1.29 is 13.2 Å². The number of hydrogen-bond donors (Lipinski definition) is 0. The third kappa shape index (κ3) is 3.55. The van der Waals surface area contributed by atoms with Gasteiger partial charge < -0.3 is 9.64 Å². The van der Waals surface area contributed by atoms with Crippen LogP contribution in [-0.4, -0.2) is 26.9 Å². The molecule has 6 heteroatoms. The summed E-state index contributed by atoms with van der Waals surface area (Å²) in [5.41, 5.74) is 2.12. The van der Waals surface area contributed by atoms with Gasteiger partial charge in [-0.15, -0.1) is 0 Å². The number of hydrogen-bond acceptors (Lipinski definition) is 4. The van der Waals surface area contributed by atoms with Crippen LogP contribution in [0, 0.1) is 0 Å². The Labute approximate surface area is 246 Å². The number of fused-ring (bicyclic) bond motifs is 9. The first-order valence-electron chi connectivity index (χ1n) is 14.2. The van der Waals surface area contributed by atoms with Gasteiger partial charge in [0.25, 0.3) is 0 Å². The summed E-state index contributed by atoms with van der Waals surface area (Å²) in [6.45, 7) is 6.49. The number of sulfone groups is 1. The average Bonchev–Trinajstić information content (AvgIpc) is 3.14. The zero-order valence-electron chi connectivity index (χ0n) is 23.7. The topological polar surface area (TPSA) is 46.6 Å². The molecule has 1 unspecified atom stereocenters. The van der Waals surface area contributed by atoms with E-state index in [1.54, 1.807) is 12.1 Å². The molecule has 0 bridgehead atoms. The van der Waals surface area contributed by atoms with Crippen molar-refractivity contribution in [3.8, 4) is 5.75 Å². The van der Waals surface area contributed by atoms with Crippen molar-refractivity contribution in [2.24, 2.45) is 0 Å². The Kier molecular flexibility index (Phi) is 5.77. The minimum atomic E-state index is -3.37. The molecule has 208 valence electrons. The fraction of sp³-hybridized carbons (Fsp3) is 0.257. The van der Waals surface area contributed by atoms with Crippen molar-refractivity contribution in [2.75, 3.05) is 17.7 Å². The standard InChI is InChI=1S/C35H32ClNO3S/c1-5-6-19-41(38,39)22-15-16-25-26-17-18-35(40-31(26)21-30(36)29(25)20-22)34(2,3)32-27-13-9-7-11-23(27)24-12-8-10-14-28(24)33(32)37(35)4/h7-18,20-21H,5-6,19H2,1-4H3. The maximum Gasteiger partial charge on any atom is 0.211 e. The SMILES string of the molecule is CCCCS(=O)(=O)c1ccc2c3c(cc(Cl)c2c1)OC1(C=C3)N(C)c2c(c3ccccc3c3ccccc23)C1(C)C. The van der Waals surface area contributed by atoms with Crippen molar-refractivity contribution in [2.45, 2.75) is 49.6 Å². The third-order valence-corrected chi connectivity index (χ3v) is 11.3. The van der Waals surface area contributed by atoms with E-state index in [0.29, 0.717) is 27.5 Å². The summed E-state index contributed by atoms with van der Waals surface area (Å²) in [6, 6.07) is 24.3. The molecule has 5 aromatic rings. The molecule has 0 saturated heterocycles. The molecule has 2 aliphatic heterocycles. The van der Waals surface area contributed by atoms with E-state index in [1.165, 1.54) is 32.8 Å². The first-order chi connectivity index (χ1) is 19.6. The lowest BCUT2D eigenvalue weighted by Crippen LogP contribution is -2.58. The van der Waals surface area contributed by atoms with Crippen LogP contribution in [-0.2, 0) is 15.3 Å². The van der Waals surface area contributed by atoms with Crippen LogP contribution in [0.1, 0.15) is 44.7 Å². The summed E-state index contributed by atoms with van der Waals surface area (Å²) >= 11 is 6.86. The molecule has 0 N–H and O–H groups in total. The van der Waals surface area contributed by atoms with Crippen LogP contribution in [0.2, 0.25) is 5.02 Å². The highest BCUT2D eigenvalue weighted by Crippen LogP contribution is 2.59. The van der Waals surface area contributed by atoms with Gasteiger partial charge in [-0.2, -0.15) is 0 Å². The molecule has 7 rings (SSSR count). The third-order valence-electron chi connectivity index (χ3n) is 9.19. The summed E-state index contributed by atoms with van der Waals surface area (Å²) in [5, 5.41) is 6.95. The maximum absolute atomic E-state index is 12.9. The molecular formula is C35H32ClNO3S. The van der Waals surface area contributed by atoms with Crippen molar-refractivity contribution in [3.05, 3.63) is 95.0 Å². The van der Waals surface area contributed by atoms with Gasteiger partial charge in [0.05, 0.1) is 26.8 Å². The molecule has 4 nitrogen and oxygen atoms in total. The number of nitrogens with zero attached hydrogens (tertiary/aromatic N) is 1. The largest absolute Gasteiger partial charge is 0.463 e. The average molecular weight is 582 g/mol. The Morgan fingerprint density at radius 1 is 0.854 bits per heavy atom. The second-order valence-corrected chi connectivity index (χ2v) is 14.3. The van der Waals surface area contributed by atoms with Crippen LogP contribution in [0.4, 0.5) is 5.69 Å². The molecule has 0 amide bonds. The quantitative estimate of drug-likeness (QED) is 0.199. The molecule has 0 aromatic heterocycles. The zero-order valence-corrected chi connectivity index (χ0v) is 25.2. The van der Waals surface area contributed by atoms with Gasteiger partial charge in [0, 0.05) is 29.4 Å². The fourth-order valence-electron chi connectivity index (χ4n) is 7.04. The second-order valence-electron chi connectivity index (χ2n) is 11.8. The minimum Gasteiger partial charge on any atom is -0.463 e. The first kappa shape index (κ1) is 26.4. The van der Waals surface area contributed by atoms with E-state index < -0.39 is 21.0 Å². The minimum absolute atomic E-state index is 0.133. The van der Waals surface area contributed by atoms with Gasteiger partial charge in [0.2, 0.25) is 5.72 Å². The summed E-state index contributed by atoms with van der Waals surface area (Å²) in [7, 11) is -1.26. The lowest BCUT2D eigenvalue weighted by Gasteiger charge is -2.46. The van der Waals surface area contributed by atoms with Crippen LogP contribution in [0.5, 0.6) is 5.75 Å². The second kappa shape index (κ2) is 8.98. The van der Waals surface area contributed by atoms with Crippen LogP contribution in [0.15, 0.2) is 83.8 Å². The van der Waals surface area contributed by atoms with E-state index in [4.69, 9.17) is 16.3 Å². The van der Waals surface area contributed by atoms with Gasteiger partial charge in [-0.05, 0) is 71.7 Å². The highest BCUT2D eigenvalue weighted by atomic mass is 35.5. The van der Waals surface area contributed by atoms with Gasteiger partial charge in [-0.25, -0.2) is 8.42 Å². The monoisotopic (exact) mass is 581 g/mol. The molecule has 0 saturated carbocycles. The molecule has 2 heterocycles.